The quantitative estimate of drug-likeness (QED) is 0.477. The molecule has 0 bridgehead atoms. The van der Waals surface area contributed by atoms with Crippen molar-refractivity contribution in [1.29, 1.82) is 0 Å². The number of halogens is 2. The number of benzene rings is 2. The van der Waals surface area contributed by atoms with E-state index in [1.807, 2.05) is 0 Å². The number of para-hydroxylation sites is 1. The SMILES string of the molecule is O=Cc1cccc(F)c1Oc1cc(Br)cc([N+](=O)[O-])c1. The molecule has 0 aromatic heterocycles. The summed E-state index contributed by atoms with van der Waals surface area (Å²) >= 11 is 3.10. The van der Waals surface area contributed by atoms with Gasteiger partial charge in [-0.05, 0) is 18.2 Å². The van der Waals surface area contributed by atoms with E-state index >= 15 is 0 Å². The normalized spacial score (nSPS) is 10.1. The van der Waals surface area contributed by atoms with E-state index in [4.69, 9.17) is 4.74 Å². The number of aldehydes is 1. The molecule has 0 saturated heterocycles. The maximum Gasteiger partial charge on any atom is 0.274 e. The highest BCUT2D eigenvalue weighted by molar-refractivity contribution is 9.10. The van der Waals surface area contributed by atoms with Crippen LogP contribution in [0.5, 0.6) is 11.5 Å². The highest BCUT2D eigenvalue weighted by Gasteiger charge is 2.14. The van der Waals surface area contributed by atoms with Crippen molar-refractivity contribution in [2.75, 3.05) is 0 Å². The molecule has 2 rings (SSSR count). The minimum absolute atomic E-state index is 0.0210. The van der Waals surface area contributed by atoms with Crippen molar-refractivity contribution in [2.45, 2.75) is 0 Å². The molecule has 7 heteroatoms. The molecule has 0 fully saturated rings. The number of rotatable bonds is 4. The second-order valence-electron chi connectivity index (χ2n) is 3.78. The lowest BCUT2D eigenvalue weighted by Gasteiger charge is -2.09. The lowest BCUT2D eigenvalue weighted by atomic mass is 10.2. The Morgan fingerprint density at radius 1 is 1.30 bits per heavy atom. The number of nitro benzene ring substituents is 1. The van der Waals surface area contributed by atoms with Crippen molar-refractivity contribution >= 4 is 27.9 Å². The van der Waals surface area contributed by atoms with Gasteiger partial charge in [-0.3, -0.25) is 14.9 Å². The van der Waals surface area contributed by atoms with Crippen molar-refractivity contribution in [3.8, 4) is 11.5 Å². The number of hydrogen-bond donors (Lipinski definition) is 0. The Bertz CT molecular complexity index is 690. The summed E-state index contributed by atoms with van der Waals surface area (Å²) in [6, 6.07) is 7.76. The Morgan fingerprint density at radius 3 is 2.70 bits per heavy atom. The minimum Gasteiger partial charge on any atom is -0.453 e. The van der Waals surface area contributed by atoms with Crippen LogP contribution in [0.2, 0.25) is 0 Å². The van der Waals surface area contributed by atoms with Crippen LogP contribution in [0.1, 0.15) is 10.4 Å². The molecule has 102 valence electrons. The fourth-order valence-electron chi connectivity index (χ4n) is 1.56. The van der Waals surface area contributed by atoms with Crippen molar-refractivity contribution in [3.05, 3.63) is 62.4 Å². The minimum atomic E-state index is -0.725. The van der Waals surface area contributed by atoms with E-state index in [9.17, 15) is 19.3 Å². The summed E-state index contributed by atoms with van der Waals surface area (Å²) in [6.45, 7) is 0. The van der Waals surface area contributed by atoms with E-state index < -0.39 is 10.7 Å². The summed E-state index contributed by atoms with van der Waals surface area (Å²) in [5, 5.41) is 10.7. The lowest BCUT2D eigenvalue weighted by molar-refractivity contribution is -0.385. The summed E-state index contributed by atoms with van der Waals surface area (Å²) in [7, 11) is 0. The summed E-state index contributed by atoms with van der Waals surface area (Å²) in [6.07, 6.45) is 0.449. The monoisotopic (exact) mass is 339 g/mol. The van der Waals surface area contributed by atoms with Crippen molar-refractivity contribution in [1.82, 2.24) is 0 Å². The van der Waals surface area contributed by atoms with Gasteiger partial charge in [-0.15, -0.1) is 0 Å². The zero-order valence-electron chi connectivity index (χ0n) is 9.88. The molecule has 0 amide bonds. The molecule has 5 nitrogen and oxygen atoms in total. The predicted octanol–water partition coefficient (Wildman–Crippen LogP) is 4.10. The zero-order valence-corrected chi connectivity index (χ0v) is 11.5. The summed E-state index contributed by atoms with van der Waals surface area (Å²) in [5.41, 5.74) is -0.189. The topological polar surface area (TPSA) is 69.4 Å². The maximum absolute atomic E-state index is 13.7. The number of non-ortho nitro benzene ring substituents is 1. The van der Waals surface area contributed by atoms with Crippen LogP contribution in [-0.2, 0) is 0 Å². The molecule has 0 spiro atoms. The van der Waals surface area contributed by atoms with Gasteiger partial charge in [0, 0.05) is 10.5 Å². The average molecular weight is 340 g/mol. The molecule has 0 aliphatic carbocycles. The third-order valence-corrected chi connectivity index (χ3v) is 2.87. The molecule has 0 N–H and O–H groups in total. The van der Waals surface area contributed by atoms with Gasteiger partial charge in [0.05, 0.1) is 16.6 Å². The third kappa shape index (κ3) is 3.00. The summed E-state index contributed by atoms with van der Waals surface area (Å²) in [5.74, 6) is -0.939. The van der Waals surface area contributed by atoms with E-state index in [1.165, 1.54) is 24.3 Å². The molecule has 0 unspecified atom stereocenters. The summed E-state index contributed by atoms with van der Waals surface area (Å²) < 4.78 is 19.3. The Hall–Kier alpha value is -2.28. The number of hydrogen-bond acceptors (Lipinski definition) is 4. The Balaban J connectivity index is 2.45. The third-order valence-electron chi connectivity index (χ3n) is 2.41. The fourth-order valence-corrected chi connectivity index (χ4v) is 2.02. The van der Waals surface area contributed by atoms with E-state index in [0.29, 0.717) is 10.8 Å². The first-order chi connectivity index (χ1) is 9.51. The van der Waals surface area contributed by atoms with E-state index in [0.717, 1.165) is 12.1 Å². The van der Waals surface area contributed by atoms with Crippen LogP contribution < -0.4 is 4.74 Å². The van der Waals surface area contributed by atoms with Crippen LogP contribution in [0.3, 0.4) is 0 Å². The molecule has 0 atom stereocenters. The van der Waals surface area contributed by atoms with Gasteiger partial charge in [0.1, 0.15) is 5.75 Å². The van der Waals surface area contributed by atoms with Gasteiger partial charge < -0.3 is 4.74 Å². The lowest BCUT2D eigenvalue weighted by Crippen LogP contribution is -1.95. The molecule has 2 aromatic rings. The number of nitro groups is 1. The largest absolute Gasteiger partial charge is 0.453 e. The molecule has 20 heavy (non-hydrogen) atoms. The molecular formula is C13H7BrFNO4. The van der Waals surface area contributed by atoms with Gasteiger partial charge in [-0.2, -0.15) is 0 Å². The second-order valence-corrected chi connectivity index (χ2v) is 4.70. The fraction of sp³-hybridized carbons (Fsp3) is 0. The Morgan fingerprint density at radius 2 is 2.05 bits per heavy atom. The van der Waals surface area contributed by atoms with E-state index in [-0.39, 0.29) is 22.7 Å². The first-order valence-corrected chi connectivity index (χ1v) is 6.17. The van der Waals surface area contributed by atoms with Crippen LogP contribution in [0.4, 0.5) is 10.1 Å². The van der Waals surface area contributed by atoms with E-state index in [1.54, 1.807) is 0 Å². The highest BCUT2D eigenvalue weighted by Crippen LogP contribution is 2.32. The van der Waals surface area contributed by atoms with Crippen molar-refractivity contribution in [2.24, 2.45) is 0 Å². The smallest absolute Gasteiger partial charge is 0.274 e. The first-order valence-electron chi connectivity index (χ1n) is 5.38. The van der Waals surface area contributed by atoms with Crippen LogP contribution in [0, 0.1) is 15.9 Å². The molecule has 0 aliphatic heterocycles. The van der Waals surface area contributed by atoms with Gasteiger partial charge in [0.2, 0.25) is 0 Å². The standard InChI is InChI=1S/C13H7BrFNO4/c14-9-4-10(16(18)19)6-11(5-9)20-13-8(7-17)2-1-3-12(13)15/h1-7H. The molecular weight excluding hydrogens is 333 g/mol. The van der Waals surface area contributed by atoms with Crippen molar-refractivity contribution in [3.63, 3.8) is 0 Å². The summed E-state index contributed by atoms with van der Waals surface area (Å²) in [4.78, 5) is 21.0. The second kappa shape index (κ2) is 5.79. The molecule has 2 aromatic carbocycles. The van der Waals surface area contributed by atoms with Crippen LogP contribution >= 0.6 is 15.9 Å². The Labute approximate surface area is 121 Å². The number of carbonyl (C=O) groups excluding carboxylic acids is 1. The molecule has 0 heterocycles. The highest BCUT2D eigenvalue weighted by atomic mass is 79.9. The molecule has 0 radical (unpaired) electrons. The van der Waals surface area contributed by atoms with E-state index in [2.05, 4.69) is 15.9 Å². The first kappa shape index (κ1) is 14.1. The molecule has 0 saturated carbocycles. The van der Waals surface area contributed by atoms with Gasteiger partial charge in [0.15, 0.2) is 17.9 Å². The van der Waals surface area contributed by atoms with Crippen LogP contribution in [-0.4, -0.2) is 11.2 Å². The van der Waals surface area contributed by atoms with Crippen molar-refractivity contribution < 1.29 is 18.8 Å². The zero-order chi connectivity index (χ0) is 14.7. The van der Waals surface area contributed by atoms with Crippen LogP contribution in [0.15, 0.2) is 40.9 Å². The maximum atomic E-state index is 13.7. The van der Waals surface area contributed by atoms with Gasteiger partial charge in [-0.1, -0.05) is 22.0 Å². The van der Waals surface area contributed by atoms with Gasteiger partial charge >= 0.3 is 0 Å². The van der Waals surface area contributed by atoms with Gasteiger partial charge in [0.25, 0.3) is 5.69 Å². The Kier molecular flexibility index (Phi) is 4.09. The average Bonchev–Trinajstić information content (AvgIpc) is 2.40. The predicted molar refractivity (Wildman–Crippen MR) is 72.7 cm³/mol. The number of nitrogens with zero attached hydrogens (tertiary/aromatic N) is 1. The number of carbonyl (C=O) groups is 1. The number of ether oxygens (including phenoxy) is 1. The molecule has 0 aliphatic rings. The van der Waals surface area contributed by atoms with Gasteiger partial charge in [-0.25, -0.2) is 4.39 Å². The van der Waals surface area contributed by atoms with Crippen LogP contribution in [0.25, 0.3) is 0 Å².